The predicted octanol–water partition coefficient (Wildman–Crippen LogP) is 4.56. The molecule has 0 aliphatic rings. The van der Waals surface area contributed by atoms with E-state index in [1.165, 1.54) is 18.5 Å². The summed E-state index contributed by atoms with van der Waals surface area (Å²) in [7, 11) is 0. The predicted molar refractivity (Wildman–Crippen MR) is 91.8 cm³/mol. The number of nitrogens with one attached hydrogen (secondary N) is 2. The van der Waals surface area contributed by atoms with Crippen molar-refractivity contribution in [3.05, 3.63) is 66.1 Å². The quantitative estimate of drug-likeness (QED) is 0.574. The van der Waals surface area contributed by atoms with Gasteiger partial charge in [-0.2, -0.15) is 0 Å². The van der Waals surface area contributed by atoms with E-state index in [2.05, 4.69) is 25.3 Å². The maximum Gasteiger partial charge on any atom is 0.141 e. The normalized spacial score (nSPS) is 10.9. The summed E-state index contributed by atoms with van der Waals surface area (Å²) in [6, 6.07) is 10.3. The summed E-state index contributed by atoms with van der Waals surface area (Å²) in [6.45, 7) is 0. The molecule has 2 heterocycles. The standard InChI is InChI=1S/C17H11ClFN5/c18-13-6-11(2-3-14(13)19)24-17-12-5-10(16-7-20-8-21-16)1-4-15(12)22-9-23-17/h1-9H,(H,20,21)(H,22,23,24). The van der Waals surface area contributed by atoms with Crippen LogP contribution in [0.1, 0.15) is 0 Å². The molecule has 2 N–H and O–H groups in total. The summed E-state index contributed by atoms with van der Waals surface area (Å²) in [5.74, 6) is 0.153. The average molecular weight is 340 g/mol. The van der Waals surface area contributed by atoms with Gasteiger partial charge in [-0.25, -0.2) is 19.3 Å². The van der Waals surface area contributed by atoms with Gasteiger partial charge in [-0.1, -0.05) is 17.7 Å². The lowest BCUT2D eigenvalue weighted by Gasteiger charge is -2.10. The van der Waals surface area contributed by atoms with Crippen LogP contribution >= 0.6 is 11.6 Å². The minimum atomic E-state index is -0.462. The van der Waals surface area contributed by atoms with Gasteiger partial charge in [-0.15, -0.1) is 0 Å². The highest BCUT2D eigenvalue weighted by Gasteiger charge is 2.08. The number of aromatic amines is 1. The van der Waals surface area contributed by atoms with E-state index in [0.717, 1.165) is 22.2 Å². The van der Waals surface area contributed by atoms with Crippen molar-refractivity contribution in [3.8, 4) is 11.3 Å². The van der Waals surface area contributed by atoms with Gasteiger partial charge in [-0.05, 0) is 30.3 Å². The number of fused-ring (bicyclic) bond motifs is 1. The molecule has 0 amide bonds. The zero-order valence-electron chi connectivity index (χ0n) is 12.3. The van der Waals surface area contributed by atoms with Gasteiger partial charge in [0.05, 0.1) is 28.8 Å². The Balaban J connectivity index is 1.79. The highest BCUT2D eigenvalue weighted by molar-refractivity contribution is 6.31. The highest BCUT2D eigenvalue weighted by Crippen LogP contribution is 2.28. The SMILES string of the molecule is Fc1ccc(Nc2ncnc3ccc(-c4cnc[nH]4)cc23)cc1Cl. The average Bonchev–Trinajstić information content (AvgIpc) is 3.13. The molecule has 118 valence electrons. The lowest BCUT2D eigenvalue weighted by Crippen LogP contribution is -1.96. The van der Waals surface area contributed by atoms with Crippen LogP contribution in [-0.4, -0.2) is 19.9 Å². The highest BCUT2D eigenvalue weighted by atomic mass is 35.5. The number of hydrogen-bond acceptors (Lipinski definition) is 4. The molecule has 4 aromatic rings. The van der Waals surface area contributed by atoms with Crippen LogP contribution in [-0.2, 0) is 0 Å². The van der Waals surface area contributed by atoms with Crippen LogP contribution in [0.3, 0.4) is 0 Å². The van der Waals surface area contributed by atoms with E-state index in [1.807, 2.05) is 18.2 Å². The second-order valence-corrected chi connectivity index (χ2v) is 5.58. The fraction of sp³-hybridized carbons (Fsp3) is 0. The maximum absolute atomic E-state index is 13.3. The van der Waals surface area contributed by atoms with Gasteiger partial charge in [0.15, 0.2) is 0 Å². The first-order chi connectivity index (χ1) is 11.7. The topological polar surface area (TPSA) is 66.5 Å². The lowest BCUT2D eigenvalue weighted by atomic mass is 10.1. The molecule has 4 rings (SSSR count). The summed E-state index contributed by atoms with van der Waals surface area (Å²) in [5.41, 5.74) is 3.31. The maximum atomic E-state index is 13.3. The van der Waals surface area contributed by atoms with Crippen molar-refractivity contribution in [1.29, 1.82) is 0 Å². The number of rotatable bonds is 3. The van der Waals surface area contributed by atoms with Crippen molar-refractivity contribution in [2.45, 2.75) is 0 Å². The van der Waals surface area contributed by atoms with Crippen molar-refractivity contribution < 1.29 is 4.39 Å². The number of imidazole rings is 1. The van der Waals surface area contributed by atoms with Crippen molar-refractivity contribution >= 4 is 34.0 Å². The van der Waals surface area contributed by atoms with Crippen LogP contribution in [0.15, 0.2) is 55.2 Å². The van der Waals surface area contributed by atoms with E-state index >= 15 is 0 Å². The molecular formula is C17H11ClFN5. The summed E-state index contributed by atoms with van der Waals surface area (Å²) in [4.78, 5) is 15.7. The Morgan fingerprint density at radius 1 is 1.08 bits per heavy atom. The van der Waals surface area contributed by atoms with Gasteiger partial charge in [0.2, 0.25) is 0 Å². The van der Waals surface area contributed by atoms with Gasteiger partial charge in [0.1, 0.15) is 18.0 Å². The molecule has 5 nitrogen and oxygen atoms in total. The van der Waals surface area contributed by atoms with E-state index < -0.39 is 5.82 Å². The molecule has 0 bridgehead atoms. The Hall–Kier alpha value is -2.99. The molecule has 0 saturated heterocycles. The van der Waals surface area contributed by atoms with Crippen LogP contribution in [0.5, 0.6) is 0 Å². The molecule has 0 radical (unpaired) electrons. The lowest BCUT2D eigenvalue weighted by molar-refractivity contribution is 0.628. The van der Waals surface area contributed by atoms with Crippen molar-refractivity contribution in [3.63, 3.8) is 0 Å². The second kappa shape index (κ2) is 5.90. The summed E-state index contributed by atoms with van der Waals surface area (Å²) >= 11 is 5.83. The summed E-state index contributed by atoms with van der Waals surface area (Å²) in [6.07, 6.45) is 4.85. The number of nitrogens with zero attached hydrogens (tertiary/aromatic N) is 3. The molecule has 7 heteroatoms. The van der Waals surface area contributed by atoms with Gasteiger partial charge in [0.25, 0.3) is 0 Å². The smallest absolute Gasteiger partial charge is 0.141 e. The fourth-order valence-corrected chi connectivity index (χ4v) is 2.63. The second-order valence-electron chi connectivity index (χ2n) is 5.17. The number of H-pyrrole nitrogens is 1. The number of anilines is 2. The van der Waals surface area contributed by atoms with Crippen LogP contribution < -0.4 is 5.32 Å². The third kappa shape index (κ3) is 2.68. The molecule has 0 aliphatic carbocycles. The number of aromatic nitrogens is 4. The minimum absolute atomic E-state index is 0.0523. The molecule has 2 aromatic carbocycles. The van der Waals surface area contributed by atoms with Crippen molar-refractivity contribution in [1.82, 2.24) is 19.9 Å². The first-order valence-electron chi connectivity index (χ1n) is 7.16. The molecule has 0 atom stereocenters. The number of benzene rings is 2. The third-order valence-corrected chi connectivity index (χ3v) is 3.92. The molecule has 2 aromatic heterocycles. The fourth-order valence-electron chi connectivity index (χ4n) is 2.45. The summed E-state index contributed by atoms with van der Waals surface area (Å²) < 4.78 is 13.3. The van der Waals surface area contributed by atoms with E-state index in [1.54, 1.807) is 18.6 Å². The van der Waals surface area contributed by atoms with Crippen LogP contribution in [0.2, 0.25) is 5.02 Å². The number of hydrogen-bond donors (Lipinski definition) is 2. The largest absolute Gasteiger partial charge is 0.345 e. The van der Waals surface area contributed by atoms with Crippen LogP contribution in [0.4, 0.5) is 15.9 Å². The Bertz CT molecular complexity index is 1020. The Kier molecular flexibility index (Phi) is 3.59. The monoisotopic (exact) mass is 339 g/mol. The van der Waals surface area contributed by atoms with E-state index in [0.29, 0.717) is 11.5 Å². The van der Waals surface area contributed by atoms with Gasteiger partial charge >= 0.3 is 0 Å². The molecule has 0 fully saturated rings. The Morgan fingerprint density at radius 2 is 2.00 bits per heavy atom. The minimum Gasteiger partial charge on any atom is -0.345 e. The third-order valence-electron chi connectivity index (χ3n) is 3.63. The molecule has 0 saturated carbocycles. The van der Waals surface area contributed by atoms with E-state index in [4.69, 9.17) is 11.6 Å². The molecule has 24 heavy (non-hydrogen) atoms. The molecule has 0 unspecified atom stereocenters. The van der Waals surface area contributed by atoms with Gasteiger partial charge in [-0.3, -0.25) is 0 Å². The first-order valence-corrected chi connectivity index (χ1v) is 7.54. The molecule has 0 spiro atoms. The first kappa shape index (κ1) is 14.6. The van der Waals surface area contributed by atoms with E-state index in [-0.39, 0.29) is 5.02 Å². The van der Waals surface area contributed by atoms with Crippen molar-refractivity contribution in [2.24, 2.45) is 0 Å². The van der Waals surface area contributed by atoms with Crippen molar-refractivity contribution in [2.75, 3.05) is 5.32 Å². The Morgan fingerprint density at radius 3 is 2.79 bits per heavy atom. The van der Waals surface area contributed by atoms with E-state index in [9.17, 15) is 4.39 Å². The molecular weight excluding hydrogens is 329 g/mol. The van der Waals surface area contributed by atoms with Crippen LogP contribution in [0, 0.1) is 5.82 Å². The summed E-state index contributed by atoms with van der Waals surface area (Å²) in [5, 5.41) is 4.05. The van der Waals surface area contributed by atoms with Gasteiger partial charge < -0.3 is 10.3 Å². The van der Waals surface area contributed by atoms with Crippen LogP contribution in [0.25, 0.3) is 22.2 Å². The molecule has 0 aliphatic heterocycles. The zero-order chi connectivity index (χ0) is 16.5. The Labute approximate surface area is 141 Å². The van der Waals surface area contributed by atoms with Gasteiger partial charge in [0, 0.05) is 16.6 Å². The number of halogens is 2. The zero-order valence-corrected chi connectivity index (χ0v) is 13.0.